The Morgan fingerprint density at radius 2 is 1.33 bits per heavy atom. The number of benzene rings is 4. The van der Waals surface area contributed by atoms with Crippen LogP contribution in [0.5, 0.6) is 0 Å². The second kappa shape index (κ2) is 15.0. The molecule has 0 N–H and O–H groups in total. The Kier molecular flexibility index (Phi) is 10.8. The van der Waals surface area contributed by atoms with Gasteiger partial charge in [-0.25, -0.2) is 4.98 Å². The second-order valence-electron chi connectivity index (χ2n) is 12.5. The van der Waals surface area contributed by atoms with Crippen LogP contribution in [0.2, 0.25) is 0 Å². The van der Waals surface area contributed by atoms with E-state index < -0.39 is 0 Å². The maximum atomic E-state index is 9.19. The van der Waals surface area contributed by atoms with Gasteiger partial charge in [0.1, 0.15) is 0 Å². The van der Waals surface area contributed by atoms with Gasteiger partial charge in [0, 0.05) is 68.7 Å². The maximum Gasteiger partial charge on any atom is 0.180 e. The largest absolute Gasteiger partial charge is 0.488 e. The zero-order chi connectivity index (χ0) is 33.9. The zero-order valence-electron chi connectivity index (χ0n) is 28.7. The number of para-hydroxylation sites is 2. The van der Waals surface area contributed by atoms with Gasteiger partial charge >= 0.3 is 0 Å². The molecule has 0 aliphatic heterocycles. The van der Waals surface area contributed by atoms with E-state index in [0.717, 1.165) is 39.6 Å². The molecule has 0 saturated heterocycles. The quantitative estimate of drug-likeness (QED) is 0.156. The number of hydrogen-bond acceptors (Lipinski definition) is 5. The standard InChI is InChI=1S/C22H22N3.C19H16N3O.Ir/c1-15(2)19-9-6-10-20(16(3)4)21(19)25-12-11-24-22(25)18-8-5-7-17(13-18)14-23;1-12-5-4-6-13(2)18(12)22-10-9-20-19(22)15-7-8-17-16(11-15)21-14(3)23-17;/h5-7,9-13,15-16H,1-4H3;4-6,8-11H,1-3H3;/q2*-1;. The third-order valence-electron chi connectivity index (χ3n) is 8.39. The average Bonchev–Trinajstić information content (AvgIpc) is 3.84. The molecule has 0 spiro atoms. The SMILES string of the molecule is CC(C)c1cccc(C(C)C)c1-n1ccnc1-c1[c-]ccc(C#N)c1.Cc1nc2cc(-c3nccn3-c3c(C)cccc3C)[c-]cc2o1.[Ir]. The number of aryl methyl sites for hydroxylation is 3. The van der Waals surface area contributed by atoms with Gasteiger partial charge < -0.3 is 13.6 Å². The van der Waals surface area contributed by atoms with Crippen LogP contribution < -0.4 is 0 Å². The predicted octanol–water partition coefficient (Wildman–Crippen LogP) is 9.86. The summed E-state index contributed by atoms with van der Waals surface area (Å²) in [6.07, 6.45) is 7.60. The number of hydrogen-bond donors (Lipinski definition) is 0. The summed E-state index contributed by atoms with van der Waals surface area (Å²) < 4.78 is 9.77. The molecule has 0 aliphatic rings. The van der Waals surface area contributed by atoms with Crippen molar-refractivity contribution in [2.75, 3.05) is 0 Å². The molecule has 1 radical (unpaired) electrons. The van der Waals surface area contributed by atoms with E-state index in [0.29, 0.717) is 23.3 Å². The molecule has 3 heterocycles. The molecule has 3 aromatic heterocycles. The van der Waals surface area contributed by atoms with Gasteiger partial charge in [-0.15, -0.1) is 53.6 Å². The van der Waals surface area contributed by atoms with Gasteiger partial charge in [0.25, 0.3) is 0 Å². The molecule has 0 atom stereocenters. The van der Waals surface area contributed by atoms with Crippen LogP contribution in [0.3, 0.4) is 0 Å². The summed E-state index contributed by atoms with van der Waals surface area (Å²) in [6, 6.07) is 30.6. The van der Waals surface area contributed by atoms with Gasteiger partial charge in [-0.3, -0.25) is 9.97 Å². The predicted molar refractivity (Wildman–Crippen MR) is 190 cm³/mol. The van der Waals surface area contributed by atoms with Crippen LogP contribution in [0.4, 0.5) is 0 Å². The van der Waals surface area contributed by atoms with Crippen molar-refractivity contribution in [1.82, 2.24) is 24.1 Å². The van der Waals surface area contributed by atoms with Crippen LogP contribution in [0.15, 0.2) is 95.9 Å². The van der Waals surface area contributed by atoms with Gasteiger partial charge in [-0.2, -0.15) is 5.26 Å². The van der Waals surface area contributed by atoms with E-state index in [4.69, 9.17) is 4.42 Å². The minimum Gasteiger partial charge on any atom is -0.488 e. The Morgan fingerprint density at radius 3 is 1.92 bits per heavy atom. The number of oxazole rings is 1. The fourth-order valence-corrected chi connectivity index (χ4v) is 6.12. The molecule has 0 amide bonds. The van der Waals surface area contributed by atoms with Crippen LogP contribution in [-0.2, 0) is 20.1 Å². The normalized spacial score (nSPS) is 10.9. The molecule has 49 heavy (non-hydrogen) atoms. The molecule has 7 aromatic rings. The van der Waals surface area contributed by atoms with Crippen molar-refractivity contribution in [3.05, 3.63) is 137 Å². The van der Waals surface area contributed by atoms with Crippen molar-refractivity contribution in [2.45, 2.75) is 60.3 Å². The van der Waals surface area contributed by atoms with Crippen molar-refractivity contribution in [2.24, 2.45) is 0 Å². The molecule has 0 saturated carbocycles. The number of imidazole rings is 2. The van der Waals surface area contributed by atoms with Crippen molar-refractivity contribution < 1.29 is 24.5 Å². The van der Waals surface area contributed by atoms with Gasteiger partial charge in [-0.05, 0) is 53.5 Å². The first kappa shape index (κ1) is 35.2. The Bertz CT molecular complexity index is 2220. The Balaban J connectivity index is 0.000000188. The number of aromatic nitrogens is 5. The van der Waals surface area contributed by atoms with E-state index in [1.807, 2.05) is 49.9 Å². The summed E-state index contributed by atoms with van der Waals surface area (Å²) in [5, 5.41) is 9.19. The topological polar surface area (TPSA) is 85.5 Å². The smallest absolute Gasteiger partial charge is 0.180 e. The van der Waals surface area contributed by atoms with Crippen molar-refractivity contribution >= 4 is 11.1 Å². The molecule has 0 unspecified atom stereocenters. The van der Waals surface area contributed by atoms with E-state index in [2.05, 4.69) is 120 Å². The van der Waals surface area contributed by atoms with Crippen LogP contribution in [0, 0.1) is 44.2 Å². The van der Waals surface area contributed by atoms with Crippen LogP contribution in [0.1, 0.15) is 73.2 Å². The minimum absolute atomic E-state index is 0. The van der Waals surface area contributed by atoms with Crippen molar-refractivity contribution in [3.63, 3.8) is 0 Å². The van der Waals surface area contributed by atoms with Gasteiger partial charge in [0.15, 0.2) is 5.89 Å². The molecule has 0 bridgehead atoms. The van der Waals surface area contributed by atoms with E-state index in [9.17, 15) is 5.26 Å². The number of nitriles is 1. The fraction of sp³-hybridized carbons (Fsp3) is 0.220. The fourth-order valence-electron chi connectivity index (χ4n) is 6.12. The van der Waals surface area contributed by atoms with E-state index in [1.54, 1.807) is 12.1 Å². The third-order valence-corrected chi connectivity index (χ3v) is 8.39. The summed E-state index contributed by atoms with van der Waals surface area (Å²) in [6.45, 7) is 14.9. The zero-order valence-corrected chi connectivity index (χ0v) is 31.1. The molecule has 8 heteroatoms. The summed E-state index contributed by atoms with van der Waals surface area (Å²) >= 11 is 0. The first-order valence-electron chi connectivity index (χ1n) is 16.1. The van der Waals surface area contributed by atoms with E-state index >= 15 is 0 Å². The number of nitrogens with zero attached hydrogens (tertiary/aromatic N) is 6. The average molecular weight is 823 g/mol. The minimum atomic E-state index is 0. The monoisotopic (exact) mass is 823 g/mol. The van der Waals surface area contributed by atoms with Crippen molar-refractivity contribution in [3.8, 4) is 40.2 Å². The van der Waals surface area contributed by atoms with Crippen molar-refractivity contribution in [1.29, 1.82) is 5.26 Å². The molecule has 7 rings (SSSR count). The summed E-state index contributed by atoms with van der Waals surface area (Å²) in [7, 11) is 0. The molecular weight excluding hydrogens is 785 g/mol. The summed E-state index contributed by atoms with van der Waals surface area (Å²) in [4.78, 5) is 13.5. The number of fused-ring (bicyclic) bond motifs is 1. The molecule has 0 aliphatic carbocycles. The Hall–Kier alpha value is -5.09. The molecule has 0 fully saturated rings. The molecule has 249 valence electrons. The third kappa shape index (κ3) is 7.19. The van der Waals surface area contributed by atoms with Gasteiger partial charge in [0.2, 0.25) is 0 Å². The summed E-state index contributed by atoms with van der Waals surface area (Å²) in [5.41, 5.74) is 11.3. The maximum absolute atomic E-state index is 9.19. The Labute approximate surface area is 301 Å². The molecule has 4 aromatic carbocycles. The first-order valence-corrected chi connectivity index (χ1v) is 16.1. The van der Waals surface area contributed by atoms with Crippen LogP contribution in [0.25, 0.3) is 45.3 Å². The first-order chi connectivity index (χ1) is 23.2. The van der Waals surface area contributed by atoms with Gasteiger partial charge in [0.05, 0.1) is 23.3 Å². The van der Waals surface area contributed by atoms with Crippen LogP contribution >= 0.6 is 0 Å². The summed E-state index contributed by atoms with van der Waals surface area (Å²) in [5.74, 6) is 3.12. The molecule has 7 nitrogen and oxygen atoms in total. The van der Waals surface area contributed by atoms with E-state index in [1.165, 1.54) is 27.9 Å². The number of rotatable bonds is 6. The Morgan fingerprint density at radius 1 is 0.755 bits per heavy atom. The van der Waals surface area contributed by atoms with Crippen LogP contribution in [-0.4, -0.2) is 24.1 Å². The van der Waals surface area contributed by atoms with E-state index in [-0.39, 0.29) is 20.1 Å². The molecular formula is C41H38IrN6O-2. The van der Waals surface area contributed by atoms with Gasteiger partial charge in [-0.1, -0.05) is 64.1 Å². The second-order valence-corrected chi connectivity index (χ2v) is 12.5.